The summed E-state index contributed by atoms with van der Waals surface area (Å²) >= 11 is 0. The summed E-state index contributed by atoms with van der Waals surface area (Å²) in [5.74, 6) is 0. The summed E-state index contributed by atoms with van der Waals surface area (Å²) in [6.45, 7) is 7.54. The molecule has 1 fully saturated rings. The molecule has 0 aliphatic carbocycles. The molecule has 0 saturated carbocycles. The Morgan fingerprint density at radius 1 is 1.33 bits per heavy atom. The van der Waals surface area contributed by atoms with Gasteiger partial charge in [0.25, 0.3) is 0 Å². The van der Waals surface area contributed by atoms with Crippen LogP contribution in [-0.2, 0) is 6.54 Å². The van der Waals surface area contributed by atoms with Crippen molar-refractivity contribution in [2.24, 2.45) is 0 Å². The predicted octanol–water partition coefficient (Wildman–Crippen LogP) is 1.62. The fraction of sp³-hybridized carbons (Fsp3) is 0.600. The molecule has 0 aromatic heterocycles. The molecular formula is C15H24N2O. The van der Waals surface area contributed by atoms with Crippen LogP contribution in [0.4, 0.5) is 0 Å². The maximum atomic E-state index is 9.62. The van der Waals surface area contributed by atoms with E-state index in [1.807, 2.05) is 6.07 Å². The molecule has 100 valence electrons. The van der Waals surface area contributed by atoms with Gasteiger partial charge in [-0.2, -0.15) is 0 Å². The number of hydrogen-bond donors (Lipinski definition) is 2. The summed E-state index contributed by atoms with van der Waals surface area (Å²) in [6, 6.07) is 10.7. The third-order valence-electron chi connectivity index (χ3n) is 3.92. The van der Waals surface area contributed by atoms with E-state index in [0.29, 0.717) is 0 Å². The van der Waals surface area contributed by atoms with Crippen LogP contribution in [0.3, 0.4) is 0 Å². The second-order valence-corrected chi connectivity index (χ2v) is 5.72. The first-order chi connectivity index (χ1) is 8.63. The van der Waals surface area contributed by atoms with Crippen LogP contribution < -0.4 is 5.32 Å². The first-order valence-corrected chi connectivity index (χ1v) is 6.76. The molecule has 1 saturated heterocycles. The van der Waals surface area contributed by atoms with Crippen molar-refractivity contribution in [1.82, 2.24) is 10.2 Å². The van der Waals surface area contributed by atoms with Gasteiger partial charge in [0.1, 0.15) is 0 Å². The van der Waals surface area contributed by atoms with Gasteiger partial charge in [0, 0.05) is 24.7 Å². The van der Waals surface area contributed by atoms with Gasteiger partial charge in [-0.25, -0.2) is 0 Å². The molecule has 0 spiro atoms. The lowest BCUT2D eigenvalue weighted by Crippen LogP contribution is -2.51. The molecule has 1 heterocycles. The lowest BCUT2D eigenvalue weighted by molar-refractivity contribution is 0.0380. The quantitative estimate of drug-likeness (QED) is 0.853. The number of nitrogens with zero attached hydrogens (tertiary/aromatic N) is 1. The maximum absolute atomic E-state index is 9.62. The SMILES string of the molecule is CC1(C)CCNCC(CO)N1Cc1ccccc1. The first-order valence-electron chi connectivity index (χ1n) is 6.76. The zero-order chi connectivity index (χ0) is 13.0. The standard InChI is InChI=1S/C15H24N2O/c1-15(2)8-9-16-10-14(12-18)17(15)11-13-6-4-3-5-7-13/h3-7,14,16,18H,8-12H2,1-2H3. The highest BCUT2D eigenvalue weighted by Crippen LogP contribution is 2.25. The van der Waals surface area contributed by atoms with Crippen molar-refractivity contribution in [2.45, 2.75) is 38.4 Å². The molecule has 2 rings (SSSR count). The van der Waals surface area contributed by atoms with Crippen molar-refractivity contribution in [3.05, 3.63) is 35.9 Å². The molecule has 1 aliphatic rings. The molecule has 1 atom stereocenters. The summed E-state index contributed by atoms with van der Waals surface area (Å²) in [5.41, 5.74) is 1.43. The van der Waals surface area contributed by atoms with Crippen LogP contribution in [0.15, 0.2) is 30.3 Å². The van der Waals surface area contributed by atoms with Crippen molar-refractivity contribution in [3.63, 3.8) is 0 Å². The van der Waals surface area contributed by atoms with Gasteiger partial charge in [0.15, 0.2) is 0 Å². The maximum Gasteiger partial charge on any atom is 0.0599 e. The van der Waals surface area contributed by atoms with Crippen molar-refractivity contribution in [2.75, 3.05) is 19.7 Å². The van der Waals surface area contributed by atoms with Gasteiger partial charge in [0.05, 0.1) is 6.61 Å². The largest absolute Gasteiger partial charge is 0.395 e. The lowest BCUT2D eigenvalue weighted by Gasteiger charge is -2.41. The van der Waals surface area contributed by atoms with Crippen molar-refractivity contribution in [1.29, 1.82) is 0 Å². The third-order valence-corrected chi connectivity index (χ3v) is 3.92. The molecule has 0 radical (unpaired) electrons. The molecular weight excluding hydrogens is 224 g/mol. The molecule has 1 aromatic rings. The monoisotopic (exact) mass is 248 g/mol. The summed E-state index contributed by atoms with van der Waals surface area (Å²) in [5, 5.41) is 13.0. The van der Waals surface area contributed by atoms with E-state index < -0.39 is 0 Å². The van der Waals surface area contributed by atoms with E-state index in [0.717, 1.165) is 26.1 Å². The number of aliphatic hydroxyl groups excluding tert-OH is 1. The van der Waals surface area contributed by atoms with Gasteiger partial charge in [-0.05, 0) is 32.4 Å². The van der Waals surface area contributed by atoms with Gasteiger partial charge < -0.3 is 10.4 Å². The van der Waals surface area contributed by atoms with Crippen molar-refractivity contribution < 1.29 is 5.11 Å². The molecule has 18 heavy (non-hydrogen) atoms. The topological polar surface area (TPSA) is 35.5 Å². The minimum atomic E-state index is 0.118. The minimum Gasteiger partial charge on any atom is -0.395 e. The van der Waals surface area contributed by atoms with Gasteiger partial charge in [-0.3, -0.25) is 4.90 Å². The van der Waals surface area contributed by atoms with E-state index in [9.17, 15) is 5.11 Å². The second-order valence-electron chi connectivity index (χ2n) is 5.72. The highest BCUT2D eigenvalue weighted by atomic mass is 16.3. The van der Waals surface area contributed by atoms with Gasteiger partial charge >= 0.3 is 0 Å². The Kier molecular flexibility index (Phi) is 4.38. The van der Waals surface area contributed by atoms with Crippen LogP contribution >= 0.6 is 0 Å². The van der Waals surface area contributed by atoms with E-state index in [-0.39, 0.29) is 18.2 Å². The number of rotatable bonds is 3. The molecule has 3 heteroatoms. The summed E-state index contributed by atoms with van der Waals surface area (Å²) in [6.07, 6.45) is 1.11. The molecule has 1 unspecified atom stereocenters. The lowest BCUT2D eigenvalue weighted by atomic mass is 9.96. The smallest absolute Gasteiger partial charge is 0.0599 e. The first kappa shape index (κ1) is 13.5. The predicted molar refractivity (Wildman–Crippen MR) is 74.4 cm³/mol. The third kappa shape index (κ3) is 3.10. The Morgan fingerprint density at radius 2 is 2.06 bits per heavy atom. The molecule has 1 aliphatic heterocycles. The number of hydrogen-bond acceptors (Lipinski definition) is 3. The molecule has 3 nitrogen and oxygen atoms in total. The average Bonchev–Trinajstić information content (AvgIpc) is 2.51. The van der Waals surface area contributed by atoms with Crippen LogP contribution in [-0.4, -0.2) is 41.3 Å². The summed E-state index contributed by atoms with van der Waals surface area (Å²) in [7, 11) is 0. The van der Waals surface area contributed by atoms with Crippen molar-refractivity contribution in [3.8, 4) is 0 Å². The fourth-order valence-corrected chi connectivity index (χ4v) is 2.70. The highest BCUT2D eigenvalue weighted by molar-refractivity contribution is 5.15. The Bertz CT molecular complexity index is 364. The van der Waals surface area contributed by atoms with E-state index >= 15 is 0 Å². The van der Waals surface area contributed by atoms with Crippen molar-refractivity contribution >= 4 is 0 Å². The normalized spacial score (nSPS) is 24.7. The van der Waals surface area contributed by atoms with Crippen LogP contribution in [0, 0.1) is 0 Å². The Balaban J connectivity index is 2.18. The molecule has 0 bridgehead atoms. The van der Waals surface area contributed by atoms with E-state index in [1.165, 1.54) is 5.56 Å². The molecule has 0 amide bonds. The Morgan fingerprint density at radius 3 is 2.72 bits per heavy atom. The Labute approximate surface area is 110 Å². The van der Waals surface area contributed by atoms with Crippen LogP contribution in [0.1, 0.15) is 25.8 Å². The number of benzene rings is 1. The zero-order valence-electron chi connectivity index (χ0n) is 11.4. The van der Waals surface area contributed by atoms with Crippen LogP contribution in [0.2, 0.25) is 0 Å². The summed E-state index contributed by atoms with van der Waals surface area (Å²) in [4.78, 5) is 2.43. The Hall–Kier alpha value is -0.900. The summed E-state index contributed by atoms with van der Waals surface area (Å²) < 4.78 is 0. The minimum absolute atomic E-state index is 0.118. The van der Waals surface area contributed by atoms with Gasteiger partial charge in [-0.15, -0.1) is 0 Å². The van der Waals surface area contributed by atoms with E-state index in [1.54, 1.807) is 0 Å². The van der Waals surface area contributed by atoms with Crippen LogP contribution in [0.25, 0.3) is 0 Å². The molecule has 1 aromatic carbocycles. The molecule has 2 N–H and O–H groups in total. The second kappa shape index (κ2) is 5.83. The highest BCUT2D eigenvalue weighted by Gasteiger charge is 2.33. The van der Waals surface area contributed by atoms with Crippen LogP contribution in [0.5, 0.6) is 0 Å². The fourth-order valence-electron chi connectivity index (χ4n) is 2.70. The zero-order valence-corrected chi connectivity index (χ0v) is 11.4. The number of aliphatic hydroxyl groups is 1. The van der Waals surface area contributed by atoms with Gasteiger partial charge in [-0.1, -0.05) is 30.3 Å². The van der Waals surface area contributed by atoms with E-state index in [2.05, 4.69) is 48.3 Å². The van der Waals surface area contributed by atoms with E-state index in [4.69, 9.17) is 0 Å². The van der Waals surface area contributed by atoms with Gasteiger partial charge in [0.2, 0.25) is 0 Å². The average molecular weight is 248 g/mol. The number of nitrogens with one attached hydrogen (secondary N) is 1.